The summed E-state index contributed by atoms with van der Waals surface area (Å²) < 4.78 is 12.0. The number of fused-ring (bicyclic) bond motifs is 8. The molecule has 0 unspecified atom stereocenters. The molecule has 8 bridgehead atoms. The summed E-state index contributed by atoms with van der Waals surface area (Å²) >= 11 is 7.61. The number of H-pyrrole nitrogens is 2. The molecule has 0 saturated carbocycles. The van der Waals surface area contributed by atoms with Gasteiger partial charge in [-0.05, 0) is 130 Å². The Morgan fingerprint density at radius 2 is 0.896 bits per heavy atom. The summed E-state index contributed by atoms with van der Waals surface area (Å²) in [5.74, 6) is -0.720. The lowest BCUT2D eigenvalue weighted by atomic mass is 10.0. The molecular weight excluding hydrogens is 736 g/mol. The van der Waals surface area contributed by atoms with Crippen LogP contribution in [0.4, 0.5) is 0 Å². The lowest BCUT2D eigenvalue weighted by Crippen LogP contribution is -2.04. The van der Waals surface area contributed by atoms with Crippen molar-refractivity contribution in [3.05, 3.63) is 116 Å². The molecular formula is C38H28Br2N4O4. The van der Waals surface area contributed by atoms with Crippen LogP contribution in [0.2, 0.25) is 0 Å². The van der Waals surface area contributed by atoms with Crippen molar-refractivity contribution >= 4 is 90.2 Å². The van der Waals surface area contributed by atoms with Crippen LogP contribution in [0, 0.1) is 0 Å². The van der Waals surface area contributed by atoms with Gasteiger partial charge >= 0.3 is 11.9 Å². The van der Waals surface area contributed by atoms with E-state index in [9.17, 15) is 9.59 Å². The molecule has 2 aliphatic rings. The quantitative estimate of drug-likeness (QED) is 0.163. The summed E-state index contributed by atoms with van der Waals surface area (Å²) in [5, 5.41) is 0. The van der Waals surface area contributed by atoms with Crippen LogP contribution in [-0.4, -0.2) is 45.1 Å². The number of nitrogens with zero attached hydrogens (tertiary/aromatic N) is 2. The van der Waals surface area contributed by atoms with Crippen LogP contribution in [0.15, 0.2) is 81.7 Å². The van der Waals surface area contributed by atoms with Gasteiger partial charge in [0, 0.05) is 22.2 Å². The first kappa shape index (κ1) is 31.5. The average Bonchev–Trinajstić information content (AvgIpc) is 3.93. The molecule has 5 heterocycles. The third kappa shape index (κ3) is 5.93. The summed E-state index contributed by atoms with van der Waals surface area (Å²) in [6, 6.07) is 22.7. The Morgan fingerprint density at radius 3 is 1.27 bits per heavy atom. The van der Waals surface area contributed by atoms with Gasteiger partial charge in [0.05, 0.1) is 67.1 Å². The molecule has 2 N–H and O–H groups in total. The molecule has 5 aromatic rings. The Balaban J connectivity index is 1.48. The van der Waals surface area contributed by atoms with Crippen molar-refractivity contribution in [1.29, 1.82) is 0 Å². The largest absolute Gasteiger partial charge is 0.462 e. The summed E-state index contributed by atoms with van der Waals surface area (Å²) in [6.07, 6.45) is 7.92. The third-order valence-electron chi connectivity index (χ3n) is 8.00. The number of rotatable bonds is 6. The van der Waals surface area contributed by atoms with Crippen molar-refractivity contribution in [3.63, 3.8) is 0 Å². The van der Waals surface area contributed by atoms with Gasteiger partial charge in [-0.1, -0.05) is 24.3 Å². The molecule has 0 amide bonds. The zero-order chi connectivity index (χ0) is 33.4. The molecule has 0 spiro atoms. The van der Waals surface area contributed by atoms with Gasteiger partial charge in [0.1, 0.15) is 0 Å². The first-order valence-corrected chi connectivity index (χ1v) is 17.0. The molecule has 0 radical (unpaired) electrons. The van der Waals surface area contributed by atoms with Gasteiger partial charge in [0.25, 0.3) is 0 Å². The fourth-order valence-electron chi connectivity index (χ4n) is 5.72. The zero-order valence-electron chi connectivity index (χ0n) is 25.9. The summed E-state index contributed by atoms with van der Waals surface area (Å²) in [5.41, 5.74) is 10.9. The lowest BCUT2D eigenvalue weighted by Gasteiger charge is -2.06. The van der Waals surface area contributed by atoms with E-state index >= 15 is 0 Å². The van der Waals surface area contributed by atoms with Crippen molar-refractivity contribution in [2.24, 2.45) is 0 Å². The number of carbonyl (C=O) groups excluding carboxylic acids is 2. The molecule has 0 aliphatic carbocycles. The number of nitrogens with one attached hydrogen (secondary N) is 2. The summed E-state index contributed by atoms with van der Waals surface area (Å²) in [6.45, 7) is 4.20. The molecule has 0 atom stereocenters. The first-order valence-electron chi connectivity index (χ1n) is 15.4. The molecule has 238 valence electrons. The normalized spacial score (nSPS) is 11.9. The molecule has 2 aliphatic heterocycles. The number of halogens is 2. The number of benzene rings is 2. The lowest BCUT2D eigenvalue weighted by molar-refractivity contribution is 0.0517. The average molecular weight is 764 g/mol. The highest BCUT2D eigenvalue weighted by Crippen LogP contribution is 2.36. The van der Waals surface area contributed by atoms with Gasteiger partial charge in [0.2, 0.25) is 0 Å². The van der Waals surface area contributed by atoms with Crippen molar-refractivity contribution in [1.82, 2.24) is 19.9 Å². The monoisotopic (exact) mass is 762 g/mol. The van der Waals surface area contributed by atoms with E-state index in [1.54, 1.807) is 38.1 Å². The fraction of sp³-hybridized carbons (Fsp3) is 0.105. The number of aromatic nitrogens is 4. The standard InChI is InChI=1S/C38H28Br2N4O4/c1-3-47-37(45)23-9-5-21(6-10-23)33-25-13-17-29(41-25)35(39)31-19-15-27(43-31)34(22-7-11-24(12-8-22)38(46)48-4-2)28-16-20-32(44-28)36(40)30-18-14-26(33)42-30/h5-20,41,44H,3-4H2,1-2H3. The van der Waals surface area contributed by atoms with E-state index in [1.165, 1.54) is 0 Å². The highest BCUT2D eigenvalue weighted by Gasteiger charge is 2.17. The number of ether oxygens (including phenoxy) is 2. The maximum Gasteiger partial charge on any atom is 0.338 e. The summed E-state index contributed by atoms with van der Waals surface area (Å²) in [4.78, 5) is 41.9. The number of aromatic amines is 2. The van der Waals surface area contributed by atoms with Crippen LogP contribution >= 0.6 is 31.9 Å². The molecule has 3 aromatic heterocycles. The highest BCUT2D eigenvalue weighted by atomic mass is 79.9. The van der Waals surface area contributed by atoms with E-state index in [0.717, 1.165) is 76.0 Å². The third-order valence-corrected chi connectivity index (χ3v) is 9.66. The molecule has 48 heavy (non-hydrogen) atoms. The van der Waals surface area contributed by atoms with Gasteiger partial charge in [0.15, 0.2) is 0 Å². The SMILES string of the molecule is CCOC(=O)c1ccc(-c2c3nc(c(Br)c4ccc([nH]4)c(-c4ccc(C(=O)OCC)cc4)c4nc(c(Br)c5ccc2[nH]5)C=C4)C=C3)cc1. The number of carbonyl (C=O) groups is 2. The molecule has 2 aromatic carbocycles. The Morgan fingerprint density at radius 1 is 0.542 bits per heavy atom. The Kier molecular flexibility index (Phi) is 8.68. The maximum atomic E-state index is 12.3. The van der Waals surface area contributed by atoms with Gasteiger partial charge in [-0.2, -0.15) is 0 Å². The predicted octanol–water partition coefficient (Wildman–Crippen LogP) is 9.87. The van der Waals surface area contributed by atoms with E-state index in [2.05, 4.69) is 41.8 Å². The second-order valence-corrected chi connectivity index (χ2v) is 12.6. The zero-order valence-corrected chi connectivity index (χ0v) is 29.1. The first-order chi connectivity index (χ1) is 23.3. The Hall–Kier alpha value is -5.06. The van der Waals surface area contributed by atoms with E-state index in [-0.39, 0.29) is 11.9 Å². The molecule has 8 nitrogen and oxygen atoms in total. The topological polar surface area (TPSA) is 110 Å². The van der Waals surface area contributed by atoms with Gasteiger partial charge in [-0.15, -0.1) is 0 Å². The maximum absolute atomic E-state index is 12.3. The minimum atomic E-state index is -0.360. The van der Waals surface area contributed by atoms with Crippen molar-refractivity contribution in [3.8, 4) is 22.3 Å². The van der Waals surface area contributed by atoms with Gasteiger partial charge in [-0.25, -0.2) is 19.6 Å². The second kappa shape index (κ2) is 13.2. The molecule has 7 rings (SSSR count). The van der Waals surface area contributed by atoms with Crippen molar-refractivity contribution in [2.75, 3.05) is 13.2 Å². The predicted molar refractivity (Wildman–Crippen MR) is 197 cm³/mol. The van der Waals surface area contributed by atoms with Crippen LogP contribution < -0.4 is 0 Å². The van der Waals surface area contributed by atoms with E-state index < -0.39 is 0 Å². The van der Waals surface area contributed by atoms with E-state index in [4.69, 9.17) is 19.4 Å². The second-order valence-electron chi connectivity index (χ2n) is 11.0. The van der Waals surface area contributed by atoms with Crippen LogP contribution in [-0.2, 0) is 9.47 Å². The van der Waals surface area contributed by atoms with Gasteiger partial charge in [-0.3, -0.25) is 0 Å². The van der Waals surface area contributed by atoms with Crippen molar-refractivity contribution < 1.29 is 19.1 Å². The minimum absolute atomic E-state index is 0.311. The fourth-order valence-corrected chi connectivity index (χ4v) is 6.62. The minimum Gasteiger partial charge on any atom is -0.462 e. The molecule has 0 fully saturated rings. The smallest absolute Gasteiger partial charge is 0.338 e. The van der Waals surface area contributed by atoms with Crippen LogP contribution in [0.3, 0.4) is 0 Å². The van der Waals surface area contributed by atoms with Crippen LogP contribution in [0.25, 0.3) is 68.6 Å². The Labute approximate surface area is 292 Å². The molecule has 10 heteroatoms. The van der Waals surface area contributed by atoms with E-state index in [0.29, 0.717) is 24.3 Å². The highest BCUT2D eigenvalue weighted by molar-refractivity contribution is 9.11. The number of hydrogen-bond donors (Lipinski definition) is 2. The van der Waals surface area contributed by atoms with Crippen LogP contribution in [0.1, 0.15) is 57.3 Å². The van der Waals surface area contributed by atoms with Crippen molar-refractivity contribution in [2.45, 2.75) is 13.8 Å². The Bertz CT molecular complexity index is 2150. The van der Waals surface area contributed by atoms with E-state index in [1.807, 2.05) is 72.8 Å². The van der Waals surface area contributed by atoms with Crippen LogP contribution in [0.5, 0.6) is 0 Å². The number of esters is 2. The molecule has 0 saturated heterocycles. The number of hydrogen-bond acceptors (Lipinski definition) is 6. The summed E-state index contributed by atoms with van der Waals surface area (Å²) in [7, 11) is 0. The van der Waals surface area contributed by atoms with Gasteiger partial charge < -0.3 is 19.4 Å².